The number of hydrogen-bond acceptors (Lipinski definition) is 4. The Morgan fingerprint density at radius 3 is 2.92 bits per heavy atom. The van der Waals surface area contributed by atoms with Gasteiger partial charge in [-0.25, -0.2) is 0 Å². The van der Waals surface area contributed by atoms with Crippen LogP contribution in [0.4, 0.5) is 0 Å². The van der Waals surface area contributed by atoms with Crippen LogP contribution in [0.5, 0.6) is 0 Å². The number of fused-ring (bicyclic) bond motifs is 1. The van der Waals surface area contributed by atoms with Crippen LogP contribution >= 0.6 is 0 Å². The molecule has 0 saturated carbocycles. The predicted octanol–water partition coefficient (Wildman–Crippen LogP) is 2.86. The van der Waals surface area contributed by atoms with Gasteiger partial charge in [0.1, 0.15) is 0 Å². The maximum absolute atomic E-state index is 12.6. The van der Waals surface area contributed by atoms with Gasteiger partial charge in [-0.1, -0.05) is 18.2 Å². The van der Waals surface area contributed by atoms with Crippen molar-refractivity contribution in [3.8, 4) is 0 Å². The van der Waals surface area contributed by atoms with Crippen LogP contribution in [0.2, 0.25) is 0 Å². The van der Waals surface area contributed by atoms with Crippen LogP contribution in [0, 0.1) is 5.92 Å². The average Bonchev–Trinajstić information content (AvgIpc) is 3.21. The molecule has 1 atom stereocenters. The zero-order chi connectivity index (χ0) is 17.1. The molecule has 3 heterocycles. The van der Waals surface area contributed by atoms with Crippen molar-refractivity contribution in [2.24, 2.45) is 5.92 Å². The summed E-state index contributed by atoms with van der Waals surface area (Å²) in [5.41, 5.74) is 1.95. The second-order valence-electron chi connectivity index (χ2n) is 6.55. The van der Waals surface area contributed by atoms with E-state index in [0.29, 0.717) is 19.8 Å². The molecule has 2 aliphatic heterocycles. The third-order valence-corrected chi connectivity index (χ3v) is 4.89. The molecule has 0 radical (unpaired) electrons. The van der Waals surface area contributed by atoms with Gasteiger partial charge in [-0.05, 0) is 36.6 Å². The van der Waals surface area contributed by atoms with Gasteiger partial charge < -0.3 is 14.4 Å². The smallest absolute Gasteiger partial charge is 0.246 e. The van der Waals surface area contributed by atoms with Gasteiger partial charge in [0.15, 0.2) is 6.29 Å². The van der Waals surface area contributed by atoms with Crippen molar-refractivity contribution in [1.29, 1.82) is 0 Å². The highest BCUT2D eigenvalue weighted by molar-refractivity contribution is 5.95. The van der Waals surface area contributed by atoms with E-state index in [1.807, 2.05) is 41.3 Å². The molecule has 1 amide bonds. The first-order valence-electron chi connectivity index (χ1n) is 8.85. The SMILES string of the molecule is O=C(C=Cc1ccnc2ccccc12)N1CCCC(C2OCCO2)C1. The summed E-state index contributed by atoms with van der Waals surface area (Å²) in [5, 5.41) is 1.05. The fourth-order valence-corrected chi connectivity index (χ4v) is 3.61. The molecule has 0 aliphatic carbocycles. The summed E-state index contributed by atoms with van der Waals surface area (Å²) in [6.45, 7) is 2.81. The van der Waals surface area contributed by atoms with Gasteiger partial charge in [-0.2, -0.15) is 0 Å². The monoisotopic (exact) mass is 338 g/mol. The molecule has 5 heteroatoms. The third kappa shape index (κ3) is 3.57. The Morgan fingerprint density at radius 1 is 1.20 bits per heavy atom. The topological polar surface area (TPSA) is 51.7 Å². The number of aromatic nitrogens is 1. The summed E-state index contributed by atoms with van der Waals surface area (Å²) in [7, 11) is 0. The lowest BCUT2D eigenvalue weighted by Gasteiger charge is -2.34. The molecule has 4 rings (SSSR count). The molecule has 1 aromatic carbocycles. The second-order valence-corrected chi connectivity index (χ2v) is 6.55. The van der Waals surface area contributed by atoms with Crippen LogP contribution in [0.15, 0.2) is 42.6 Å². The van der Waals surface area contributed by atoms with Gasteiger partial charge >= 0.3 is 0 Å². The number of nitrogens with zero attached hydrogens (tertiary/aromatic N) is 2. The van der Waals surface area contributed by atoms with Crippen molar-refractivity contribution in [2.45, 2.75) is 19.1 Å². The molecule has 1 aromatic heterocycles. The van der Waals surface area contributed by atoms with Crippen molar-refractivity contribution in [1.82, 2.24) is 9.88 Å². The summed E-state index contributed by atoms with van der Waals surface area (Å²) in [4.78, 5) is 18.9. The molecular formula is C20H22N2O3. The van der Waals surface area contributed by atoms with Crippen LogP contribution in [0.3, 0.4) is 0 Å². The number of para-hydroxylation sites is 1. The van der Waals surface area contributed by atoms with E-state index >= 15 is 0 Å². The zero-order valence-electron chi connectivity index (χ0n) is 14.1. The fraction of sp³-hybridized carbons (Fsp3) is 0.400. The minimum Gasteiger partial charge on any atom is -0.350 e. The lowest BCUT2D eigenvalue weighted by Crippen LogP contribution is -2.43. The Morgan fingerprint density at radius 2 is 2.04 bits per heavy atom. The highest BCUT2D eigenvalue weighted by Gasteiger charge is 2.32. The van der Waals surface area contributed by atoms with E-state index < -0.39 is 0 Å². The van der Waals surface area contributed by atoms with E-state index in [4.69, 9.17) is 9.47 Å². The number of likely N-dealkylation sites (tertiary alicyclic amines) is 1. The average molecular weight is 338 g/mol. The number of pyridine rings is 1. The molecule has 2 aliphatic rings. The number of benzene rings is 1. The molecule has 5 nitrogen and oxygen atoms in total. The minimum absolute atomic E-state index is 0.0450. The summed E-state index contributed by atoms with van der Waals surface area (Å²) >= 11 is 0. The zero-order valence-corrected chi connectivity index (χ0v) is 14.1. The number of rotatable bonds is 3. The molecule has 0 N–H and O–H groups in total. The third-order valence-electron chi connectivity index (χ3n) is 4.89. The highest BCUT2D eigenvalue weighted by Crippen LogP contribution is 2.25. The maximum Gasteiger partial charge on any atom is 0.246 e. The standard InChI is InChI=1S/C20H22N2O3/c23-19(22-11-3-4-16(14-22)20-24-12-13-25-20)8-7-15-9-10-21-18-6-2-1-5-17(15)18/h1-2,5-10,16,20H,3-4,11-14H2. The summed E-state index contributed by atoms with van der Waals surface area (Å²) < 4.78 is 11.2. The molecule has 2 aromatic rings. The molecule has 2 saturated heterocycles. The maximum atomic E-state index is 12.6. The Kier molecular flexibility index (Phi) is 4.76. The lowest BCUT2D eigenvalue weighted by molar-refractivity contribution is -0.134. The van der Waals surface area contributed by atoms with E-state index in [1.165, 1.54) is 0 Å². The van der Waals surface area contributed by atoms with Crippen LogP contribution in [-0.4, -0.2) is 48.4 Å². The van der Waals surface area contributed by atoms with Crippen LogP contribution in [0.1, 0.15) is 18.4 Å². The van der Waals surface area contributed by atoms with Crippen molar-refractivity contribution in [2.75, 3.05) is 26.3 Å². The Balaban J connectivity index is 1.46. The first kappa shape index (κ1) is 16.2. The normalized spacial score (nSPS) is 22.1. The number of carbonyl (C=O) groups excluding carboxylic acids is 1. The Labute approximate surface area is 147 Å². The molecule has 0 bridgehead atoms. The van der Waals surface area contributed by atoms with E-state index in [2.05, 4.69) is 4.98 Å². The summed E-state index contributed by atoms with van der Waals surface area (Å²) in [5.74, 6) is 0.318. The van der Waals surface area contributed by atoms with Gasteiger partial charge in [0.05, 0.1) is 18.7 Å². The largest absolute Gasteiger partial charge is 0.350 e. The molecule has 130 valence electrons. The van der Waals surface area contributed by atoms with Crippen LogP contribution < -0.4 is 0 Å². The fourth-order valence-electron chi connectivity index (χ4n) is 3.61. The molecule has 1 unspecified atom stereocenters. The van der Waals surface area contributed by atoms with E-state index in [1.54, 1.807) is 12.3 Å². The molecule has 2 fully saturated rings. The van der Waals surface area contributed by atoms with E-state index in [9.17, 15) is 4.79 Å². The quantitative estimate of drug-likeness (QED) is 0.808. The summed E-state index contributed by atoms with van der Waals surface area (Å²) in [6, 6.07) is 9.89. The van der Waals surface area contributed by atoms with Gasteiger partial charge in [0, 0.05) is 36.7 Å². The molecule has 0 spiro atoms. The number of amides is 1. The van der Waals surface area contributed by atoms with Crippen LogP contribution in [0.25, 0.3) is 17.0 Å². The second kappa shape index (κ2) is 7.33. The highest BCUT2D eigenvalue weighted by atomic mass is 16.7. The summed E-state index contributed by atoms with van der Waals surface area (Å²) in [6.07, 6.45) is 7.22. The van der Waals surface area contributed by atoms with Gasteiger partial charge in [0.25, 0.3) is 0 Å². The van der Waals surface area contributed by atoms with Crippen molar-refractivity contribution < 1.29 is 14.3 Å². The molecular weight excluding hydrogens is 316 g/mol. The van der Waals surface area contributed by atoms with Crippen molar-refractivity contribution >= 4 is 22.9 Å². The van der Waals surface area contributed by atoms with Gasteiger partial charge in [-0.15, -0.1) is 0 Å². The Bertz CT molecular complexity index is 778. The van der Waals surface area contributed by atoms with Gasteiger partial charge in [0.2, 0.25) is 5.91 Å². The van der Waals surface area contributed by atoms with Crippen LogP contribution in [-0.2, 0) is 14.3 Å². The minimum atomic E-state index is -0.149. The lowest BCUT2D eigenvalue weighted by atomic mass is 9.97. The van der Waals surface area contributed by atoms with Crippen molar-refractivity contribution in [3.63, 3.8) is 0 Å². The van der Waals surface area contributed by atoms with E-state index in [-0.39, 0.29) is 18.1 Å². The van der Waals surface area contributed by atoms with Gasteiger partial charge in [-0.3, -0.25) is 9.78 Å². The number of hydrogen-bond donors (Lipinski definition) is 0. The number of carbonyl (C=O) groups is 1. The number of ether oxygens (including phenoxy) is 2. The van der Waals surface area contributed by atoms with E-state index in [0.717, 1.165) is 35.9 Å². The number of piperidine rings is 1. The van der Waals surface area contributed by atoms with Crippen molar-refractivity contribution in [3.05, 3.63) is 48.2 Å². The Hall–Kier alpha value is -2.24. The first-order chi connectivity index (χ1) is 12.3. The first-order valence-corrected chi connectivity index (χ1v) is 8.85. The predicted molar refractivity (Wildman–Crippen MR) is 95.8 cm³/mol. The molecule has 25 heavy (non-hydrogen) atoms.